The smallest absolute Gasteiger partial charge is 0.311 e. The lowest BCUT2D eigenvalue weighted by Gasteiger charge is -2.08. The molecule has 1 amide bonds. The predicted molar refractivity (Wildman–Crippen MR) is 69.1 cm³/mol. The maximum atomic E-state index is 13.4. The summed E-state index contributed by atoms with van der Waals surface area (Å²) in [7, 11) is 0. The Balaban J connectivity index is 2.35. The van der Waals surface area contributed by atoms with E-state index in [0.717, 1.165) is 30.3 Å². The fraction of sp³-hybridized carbons (Fsp3) is 0. The van der Waals surface area contributed by atoms with E-state index in [1.54, 1.807) is 0 Å². The Bertz CT molecular complexity index is 734. The molecule has 108 valence electrons. The van der Waals surface area contributed by atoms with Gasteiger partial charge in [0.1, 0.15) is 11.6 Å². The predicted octanol–water partition coefficient (Wildman–Crippen LogP) is 2.83. The van der Waals surface area contributed by atoms with Gasteiger partial charge in [0, 0.05) is 12.1 Å². The monoisotopic (exact) mass is 294 g/mol. The molecule has 8 heteroatoms. The highest BCUT2D eigenvalue weighted by molar-refractivity contribution is 6.06. The van der Waals surface area contributed by atoms with Crippen molar-refractivity contribution >= 4 is 17.3 Å². The Labute approximate surface area is 116 Å². The maximum Gasteiger partial charge on any atom is 0.311 e. The van der Waals surface area contributed by atoms with E-state index >= 15 is 0 Å². The molecule has 0 aromatic heterocycles. The summed E-state index contributed by atoms with van der Waals surface area (Å²) in [6, 6.07) is 5.76. The number of nitrogens with zero attached hydrogens (tertiary/aromatic N) is 1. The van der Waals surface area contributed by atoms with Crippen LogP contribution in [0.5, 0.6) is 5.75 Å². The van der Waals surface area contributed by atoms with Gasteiger partial charge in [0.25, 0.3) is 5.91 Å². The number of halogens is 2. The molecule has 0 aliphatic carbocycles. The molecular weight excluding hydrogens is 286 g/mol. The zero-order chi connectivity index (χ0) is 15.6. The lowest BCUT2D eigenvalue weighted by molar-refractivity contribution is -0.385. The van der Waals surface area contributed by atoms with Crippen molar-refractivity contribution in [2.45, 2.75) is 0 Å². The number of nitro groups is 1. The largest absolute Gasteiger partial charge is 0.502 e. The molecule has 0 spiro atoms. The lowest BCUT2D eigenvalue weighted by atomic mass is 10.1. The van der Waals surface area contributed by atoms with E-state index in [1.165, 1.54) is 6.07 Å². The van der Waals surface area contributed by atoms with Gasteiger partial charge in [0.05, 0.1) is 16.2 Å². The first-order chi connectivity index (χ1) is 9.90. The number of anilines is 1. The van der Waals surface area contributed by atoms with Crippen LogP contribution in [-0.4, -0.2) is 15.9 Å². The van der Waals surface area contributed by atoms with Gasteiger partial charge in [-0.25, -0.2) is 8.78 Å². The van der Waals surface area contributed by atoms with E-state index < -0.39 is 45.2 Å². The summed E-state index contributed by atoms with van der Waals surface area (Å²) >= 11 is 0. The minimum atomic E-state index is -0.999. The average Bonchev–Trinajstić information content (AvgIpc) is 2.42. The van der Waals surface area contributed by atoms with Crippen LogP contribution in [0.1, 0.15) is 10.4 Å². The summed E-state index contributed by atoms with van der Waals surface area (Å²) < 4.78 is 26.4. The number of rotatable bonds is 3. The summed E-state index contributed by atoms with van der Waals surface area (Å²) in [5, 5.41) is 22.4. The van der Waals surface area contributed by atoms with Crippen molar-refractivity contribution in [1.29, 1.82) is 0 Å². The van der Waals surface area contributed by atoms with Gasteiger partial charge in [0.2, 0.25) is 5.75 Å². The topological polar surface area (TPSA) is 92.5 Å². The van der Waals surface area contributed by atoms with E-state index in [-0.39, 0.29) is 0 Å². The molecule has 0 fully saturated rings. The highest BCUT2D eigenvalue weighted by Gasteiger charge is 2.21. The van der Waals surface area contributed by atoms with Crippen molar-refractivity contribution in [2.24, 2.45) is 0 Å². The molecule has 0 atom stereocenters. The molecule has 2 N–H and O–H groups in total. The second-order valence-electron chi connectivity index (χ2n) is 4.01. The van der Waals surface area contributed by atoms with Crippen LogP contribution < -0.4 is 5.32 Å². The van der Waals surface area contributed by atoms with Gasteiger partial charge in [-0.1, -0.05) is 6.07 Å². The minimum Gasteiger partial charge on any atom is -0.502 e. The minimum absolute atomic E-state index is 0.423. The molecule has 21 heavy (non-hydrogen) atoms. The molecule has 0 saturated carbocycles. The van der Waals surface area contributed by atoms with Crippen molar-refractivity contribution in [3.05, 3.63) is 63.7 Å². The van der Waals surface area contributed by atoms with E-state index in [0.29, 0.717) is 0 Å². The SMILES string of the molecule is O=C(Nc1cc(F)ccc1F)c1cccc([N+](=O)[O-])c1O. The first-order valence-corrected chi connectivity index (χ1v) is 5.63. The second-order valence-corrected chi connectivity index (χ2v) is 4.01. The number of nitrogens with one attached hydrogen (secondary N) is 1. The number of phenolic OH excluding ortho intramolecular Hbond substituents is 1. The number of carbonyl (C=O) groups excluding carboxylic acids is 1. The molecule has 0 aliphatic rings. The third kappa shape index (κ3) is 2.94. The molecule has 2 aromatic carbocycles. The highest BCUT2D eigenvalue weighted by atomic mass is 19.1. The van der Waals surface area contributed by atoms with Gasteiger partial charge in [-0.2, -0.15) is 0 Å². The molecular formula is C13H8F2N2O4. The van der Waals surface area contributed by atoms with E-state index in [4.69, 9.17) is 0 Å². The number of amides is 1. The van der Waals surface area contributed by atoms with Crippen LogP contribution in [0.4, 0.5) is 20.2 Å². The normalized spacial score (nSPS) is 10.2. The molecule has 0 bridgehead atoms. The highest BCUT2D eigenvalue weighted by Crippen LogP contribution is 2.30. The zero-order valence-electron chi connectivity index (χ0n) is 10.3. The summed E-state index contributed by atoms with van der Waals surface area (Å²) in [5.41, 5.74) is -1.53. The van der Waals surface area contributed by atoms with Crippen LogP contribution >= 0.6 is 0 Å². The molecule has 0 unspecified atom stereocenters. The zero-order valence-corrected chi connectivity index (χ0v) is 10.3. The van der Waals surface area contributed by atoms with Crippen molar-refractivity contribution in [3.63, 3.8) is 0 Å². The first kappa shape index (κ1) is 14.4. The average molecular weight is 294 g/mol. The molecule has 0 heterocycles. The van der Waals surface area contributed by atoms with Crippen molar-refractivity contribution in [3.8, 4) is 5.75 Å². The van der Waals surface area contributed by atoms with Crippen LogP contribution in [0.15, 0.2) is 36.4 Å². The molecule has 0 aliphatic heterocycles. The van der Waals surface area contributed by atoms with Gasteiger partial charge in [-0.3, -0.25) is 14.9 Å². The van der Waals surface area contributed by atoms with E-state index in [2.05, 4.69) is 0 Å². The Morgan fingerprint density at radius 3 is 2.62 bits per heavy atom. The number of phenols is 1. The van der Waals surface area contributed by atoms with Crippen LogP contribution in [-0.2, 0) is 0 Å². The standard InChI is InChI=1S/C13H8F2N2O4/c14-7-4-5-9(15)10(6-7)16-13(19)8-2-1-3-11(12(8)18)17(20)21/h1-6,18H,(H,16,19). The summed E-state index contributed by atoms with van der Waals surface area (Å²) in [5.74, 6) is -3.50. The molecule has 0 saturated heterocycles. The van der Waals surface area contributed by atoms with Crippen molar-refractivity contribution < 1.29 is 23.6 Å². The lowest BCUT2D eigenvalue weighted by Crippen LogP contribution is -2.13. The van der Waals surface area contributed by atoms with E-state index in [1.807, 2.05) is 5.32 Å². The van der Waals surface area contributed by atoms with Gasteiger partial charge in [-0.15, -0.1) is 0 Å². The number of aromatic hydroxyl groups is 1. The van der Waals surface area contributed by atoms with Crippen LogP contribution in [0.25, 0.3) is 0 Å². The van der Waals surface area contributed by atoms with Crippen molar-refractivity contribution in [1.82, 2.24) is 0 Å². The Morgan fingerprint density at radius 1 is 1.24 bits per heavy atom. The number of benzene rings is 2. The van der Waals surface area contributed by atoms with Crippen LogP contribution in [0.2, 0.25) is 0 Å². The molecule has 2 rings (SSSR count). The third-order valence-corrected chi connectivity index (χ3v) is 2.63. The third-order valence-electron chi connectivity index (χ3n) is 2.63. The fourth-order valence-electron chi connectivity index (χ4n) is 1.64. The van der Waals surface area contributed by atoms with Gasteiger partial charge >= 0.3 is 5.69 Å². The Morgan fingerprint density at radius 2 is 1.95 bits per heavy atom. The molecule has 2 aromatic rings. The number of hydrogen-bond acceptors (Lipinski definition) is 4. The second kappa shape index (κ2) is 5.53. The van der Waals surface area contributed by atoms with Crippen molar-refractivity contribution in [2.75, 3.05) is 5.32 Å². The number of para-hydroxylation sites is 1. The van der Waals surface area contributed by atoms with Gasteiger partial charge in [-0.05, 0) is 18.2 Å². The summed E-state index contributed by atoms with van der Waals surface area (Å²) in [4.78, 5) is 21.7. The molecule has 0 radical (unpaired) electrons. The van der Waals surface area contributed by atoms with Gasteiger partial charge < -0.3 is 10.4 Å². The number of carbonyl (C=O) groups is 1. The van der Waals surface area contributed by atoms with E-state index in [9.17, 15) is 28.8 Å². The maximum absolute atomic E-state index is 13.4. The number of nitro benzene ring substituents is 1. The first-order valence-electron chi connectivity index (χ1n) is 5.63. The fourth-order valence-corrected chi connectivity index (χ4v) is 1.64. The van der Waals surface area contributed by atoms with Crippen LogP contribution in [0.3, 0.4) is 0 Å². The van der Waals surface area contributed by atoms with Gasteiger partial charge in [0.15, 0.2) is 0 Å². The molecule has 6 nitrogen and oxygen atoms in total. The number of hydrogen-bond donors (Lipinski definition) is 2. The Hall–Kier alpha value is -3.03. The quantitative estimate of drug-likeness (QED) is 0.672. The Kier molecular flexibility index (Phi) is 3.79. The van der Waals surface area contributed by atoms with Crippen LogP contribution in [0, 0.1) is 21.7 Å². The summed E-state index contributed by atoms with van der Waals surface area (Å²) in [6.07, 6.45) is 0. The summed E-state index contributed by atoms with van der Waals surface area (Å²) in [6.45, 7) is 0.